The molecule has 0 amide bonds. The summed E-state index contributed by atoms with van der Waals surface area (Å²) in [6.45, 7) is 4.75. The normalized spacial score (nSPS) is 35.6. The van der Waals surface area contributed by atoms with Crippen LogP contribution in [0, 0.1) is 11.8 Å². The summed E-state index contributed by atoms with van der Waals surface area (Å²) in [5.41, 5.74) is 5.92. The van der Waals surface area contributed by atoms with Crippen molar-refractivity contribution in [3.05, 3.63) is 0 Å². The first-order valence-corrected chi connectivity index (χ1v) is 7.29. The minimum atomic E-state index is 0.773. The van der Waals surface area contributed by atoms with Crippen molar-refractivity contribution in [2.75, 3.05) is 40.3 Å². The van der Waals surface area contributed by atoms with E-state index in [9.17, 15) is 0 Å². The van der Waals surface area contributed by atoms with Crippen molar-refractivity contribution in [1.29, 1.82) is 0 Å². The Kier molecular flexibility index (Phi) is 4.83. The number of likely N-dealkylation sites (N-methyl/N-ethyl adjacent to an activating group) is 1. The lowest BCUT2D eigenvalue weighted by Gasteiger charge is -2.33. The molecule has 1 aliphatic carbocycles. The van der Waals surface area contributed by atoms with E-state index in [0.29, 0.717) is 0 Å². The molecule has 0 radical (unpaired) electrons. The molecule has 1 aliphatic heterocycles. The van der Waals surface area contributed by atoms with E-state index in [1.165, 1.54) is 51.7 Å². The highest BCUT2D eigenvalue weighted by Gasteiger charge is 2.29. The Morgan fingerprint density at radius 1 is 1.12 bits per heavy atom. The first-order chi connectivity index (χ1) is 8.20. The van der Waals surface area contributed by atoms with Crippen LogP contribution in [0.3, 0.4) is 0 Å². The lowest BCUT2D eigenvalue weighted by atomic mass is 9.79. The number of nitrogens with zero attached hydrogens (tertiary/aromatic N) is 2. The summed E-state index contributed by atoms with van der Waals surface area (Å²) in [5.74, 6) is 1.66. The highest BCUT2D eigenvalue weighted by Crippen LogP contribution is 2.30. The van der Waals surface area contributed by atoms with Gasteiger partial charge >= 0.3 is 0 Å². The van der Waals surface area contributed by atoms with Crippen LogP contribution in [0.15, 0.2) is 0 Å². The first kappa shape index (κ1) is 13.3. The summed E-state index contributed by atoms with van der Waals surface area (Å²) >= 11 is 0. The molecule has 1 heterocycles. The minimum absolute atomic E-state index is 0.773. The second-order valence-electron chi connectivity index (χ2n) is 6.21. The monoisotopic (exact) mass is 239 g/mol. The lowest BCUT2D eigenvalue weighted by Crippen LogP contribution is -2.38. The minimum Gasteiger partial charge on any atom is -0.330 e. The van der Waals surface area contributed by atoms with Gasteiger partial charge in [-0.15, -0.1) is 0 Å². The van der Waals surface area contributed by atoms with E-state index < -0.39 is 0 Å². The number of rotatable bonds is 4. The molecule has 3 unspecified atom stereocenters. The summed E-state index contributed by atoms with van der Waals surface area (Å²) in [7, 11) is 4.41. The second kappa shape index (κ2) is 6.17. The average Bonchev–Trinajstić information content (AvgIpc) is 2.78. The summed E-state index contributed by atoms with van der Waals surface area (Å²) in [5, 5.41) is 0. The van der Waals surface area contributed by atoms with Gasteiger partial charge in [0.1, 0.15) is 0 Å². The topological polar surface area (TPSA) is 32.5 Å². The fourth-order valence-corrected chi connectivity index (χ4v) is 3.57. The highest BCUT2D eigenvalue weighted by atomic mass is 15.2. The Bertz CT molecular complexity index is 230. The van der Waals surface area contributed by atoms with E-state index >= 15 is 0 Å². The third-order valence-corrected chi connectivity index (χ3v) is 4.84. The van der Waals surface area contributed by atoms with Gasteiger partial charge in [-0.05, 0) is 58.3 Å². The maximum Gasteiger partial charge on any atom is 0.0229 e. The van der Waals surface area contributed by atoms with E-state index in [-0.39, 0.29) is 0 Å². The SMILES string of the molecule is CN(C)C1CCN(CC2CCCCC2CN)C1. The van der Waals surface area contributed by atoms with Crippen LogP contribution in [0.25, 0.3) is 0 Å². The van der Waals surface area contributed by atoms with Crippen molar-refractivity contribution >= 4 is 0 Å². The molecule has 100 valence electrons. The summed E-state index contributed by atoms with van der Waals surface area (Å²) in [6.07, 6.45) is 6.94. The largest absolute Gasteiger partial charge is 0.330 e. The zero-order chi connectivity index (χ0) is 12.3. The molecule has 3 heteroatoms. The van der Waals surface area contributed by atoms with Crippen LogP contribution in [0.4, 0.5) is 0 Å². The van der Waals surface area contributed by atoms with Crippen molar-refractivity contribution < 1.29 is 0 Å². The van der Waals surface area contributed by atoms with Crippen molar-refractivity contribution in [3.8, 4) is 0 Å². The maximum absolute atomic E-state index is 5.92. The Morgan fingerprint density at radius 3 is 2.41 bits per heavy atom. The molecule has 2 fully saturated rings. The van der Waals surface area contributed by atoms with E-state index in [1.54, 1.807) is 0 Å². The smallest absolute Gasteiger partial charge is 0.0229 e. The number of nitrogens with two attached hydrogens (primary N) is 1. The van der Waals surface area contributed by atoms with E-state index in [2.05, 4.69) is 23.9 Å². The van der Waals surface area contributed by atoms with Crippen LogP contribution in [0.1, 0.15) is 32.1 Å². The van der Waals surface area contributed by atoms with Crippen LogP contribution in [-0.2, 0) is 0 Å². The predicted octanol–water partition coefficient (Wildman–Crippen LogP) is 1.39. The molecule has 0 aromatic carbocycles. The third kappa shape index (κ3) is 3.43. The van der Waals surface area contributed by atoms with Gasteiger partial charge in [0.25, 0.3) is 0 Å². The summed E-state index contributed by atoms with van der Waals surface area (Å²) in [6, 6.07) is 0.773. The molecule has 2 aliphatic rings. The van der Waals surface area contributed by atoms with Crippen molar-refractivity contribution in [1.82, 2.24) is 9.80 Å². The van der Waals surface area contributed by atoms with Gasteiger partial charge in [-0.3, -0.25) is 0 Å². The lowest BCUT2D eigenvalue weighted by molar-refractivity contribution is 0.166. The van der Waals surface area contributed by atoms with Gasteiger partial charge in [-0.1, -0.05) is 12.8 Å². The summed E-state index contributed by atoms with van der Waals surface area (Å²) in [4.78, 5) is 5.05. The number of hydrogen-bond donors (Lipinski definition) is 1. The van der Waals surface area contributed by atoms with E-state index in [4.69, 9.17) is 5.73 Å². The standard InChI is InChI=1S/C14H29N3/c1-16(2)14-7-8-17(11-14)10-13-6-4-3-5-12(13)9-15/h12-14H,3-11,15H2,1-2H3. The van der Waals surface area contributed by atoms with Crippen molar-refractivity contribution in [2.45, 2.75) is 38.1 Å². The molecular formula is C14H29N3. The zero-order valence-corrected chi connectivity index (χ0v) is 11.6. The number of likely N-dealkylation sites (tertiary alicyclic amines) is 1. The van der Waals surface area contributed by atoms with Gasteiger partial charge in [0.05, 0.1) is 0 Å². The Balaban J connectivity index is 1.80. The van der Waals surface area contributed by atoms with E-state index in [0.717, 1.165) is 24.4 Å². The molecule has 1 saturated carbocycles. The van der Waals surface area contributed by atoms with Gasteiger partial charge in [-0.25, -0.2) is 0 Å². The van der Waals surface area contributed by atoms with Crippen LogP contribution < -0.4 is 5.73 Å². The zero-order valence-electron chi connectivity index (χ0n) is 11.6. The number of hydrogen-bond acceptors (Lipinski definition) is 3. The van der Waals surface area contributed by atoms with Crippen LogP contribution in [0.5, 0.6) is 0 Å². The molecule has 0 aromatic heterocycles. The first-order valence-electron chi connectivity index (χ1n) is 7.29. The van der Waals surface area contributed by atoms with Crippen LogP contribution in [-0.4, -0.2) is 56.1 Å². The van der Waals surface area contributed by atoms with Gasteiger partial charge in [0, 0.05) is 19.1 Å². The Labute approximate surface area is 106 Å². The Hall–Kier alpha value is -0.120. The molecule has 0 aromatic rings. The van der Waals surface area contributed by atoms with E-state index in [1.807, 2.05) is 0 Å². The van der Waals surface area contributed by atoms with Crippen molar-refractivity contribution in [2.24, 2.45) is 17.6 Å². The second-order valence-corrected chi connectivity index (χ2v) is 6.21. The van der Waals surface area contributed by atoms with Crippen LogP contribution in [0.2, 0.25) is 0 Å². The predicted molar refractivity (Wildman–Crippen MR) is 73.0 cm³/mol. The fraction of sp³-hybridized carbons (Fsp3) is 1.00. The van der Waals surface area contributed by atoms with Crippen molar-refractivity contribution in [3.63, 3.8) is 0 Å². The molecule has 17 heavy (non-hydrogen) atoms. The quantitative estimate of drug-likeness (QED) is 0.804. The molecule has 2 N–H and O–H groups in total. The molecule has 3 nitrogen and oxygen atoms in total. The summed E-state index contributed by atoms with van der Waals surface area (Å²) < 4.78 is 0. The Morgan fingerprint density at radius 2 is 1.82 bits per heavy atom. The third-order valence-electron chi connectivity index (χ3n) is 4.84. The molecule has 2 rings (SSSR count). The van der Waals surface area contributed by atoms with Crippen LogP contribution >= 0.6 is 0 Å². The average molecular weight is 239 g/mol. The van der Waals surface area contributed by atoms with Gasteiger partial charge in [0.15, 0.2) is 0 Å². The molecule has 3 atom stereocenters. The highest BCUT2D eigenvalue weighted by molar-refractivity contribution is 4.85. The van der Waals surface area contributed by atoms with Gasteiger partial charge < -0.3 is 15.5 Å². The maximum atomic E-state index is 5.92. The molecular weight excluding hydrogens is 210 g/mol. The molecule has 0 spiro atoms. The molecule has 1 saturated heterocycles. The molecule has 0 bridgehead atoms. The fourth-order valence-electron chi connectivity index (χ4n) is 3.57. The van der Waals surface area contributed by atoms with Gasteiger partial charge in [0.2, 0.25) is 0 Å². The van der Waals surface area contributed by atoms with Gasteiger partial charge in [-0.2, -0.15) is 0 Å².